The molecule has 1 atom stereocenters. The van der Waals surface area contributed by atoms with Gasteiger partial charge in [0, 0.05) is 19.5 Å². The Morgan fingerprint density at radius 2 is 2.16 bits per heavy atom. The SMILES string of the molecule is CC1CCCN(C(=O)CCc2ccc(F)c(F)c2)C1. The average molecular weight is 267 g/mol. The number of hydrogen-bond acceptors (Lipinski definition) is 1. The average Bonchev–Trinajstić information content (AvgIpc) is 2.40. The Kier molecular flexibility index (Phi) is 4.51. The Morgan fingerprint density at radius 1 is 1.37 bits per heavy atom. The molecule has 19 heavy (non-hydrogen) atoms. The number of amides is 1. The van der Waals surface area contributed by atoms with Crippen LogP contribution in [0.2, 0.25) is 0 Å². The predicted molar refractivity (Wildman–Crippen MR) is 69.7 cm³/mol. The number of aryl methyl sites for hydroxylation is 1. The molecule has 1 fully saturated rings. The molecular formula is C15H19F2NO. The fraction of sp³-hybridized carbons (Fsp3) is 0.533. The molecule has 104 valence electrons. The van der Waals surface area contributed by atoms with Crippen molar-refractivity contribution >= 4 is 5.91 Å². The standard InChI is InChI=1S/C15H19F2NO/c1-11-3-2-8-18(10-11)15(19)7-5-12-4-6-13(16)14(17)9-12/h4,6,9,11H,2-3,5,7-8,10H2,1H3. The third-order valence-electron chi connectivity index (χ3n) is 3.62. The molecule has 1 aliphatic heterocycles. The molecule has 1 aliphatic rings. The Labute approximate surface area is 112 Å². The highest BCUT2D eigenvalue weighted by Crippen LogP contribution is 2.17. The van der Waals surface area contributed by atoms with E-state index in [0.717, 1.165) is 25.6 Å². The van der Waals surface area contributed by atoms with Gasteiger partial charge in [-0.05, 0) is 42.9 Å². The first kappa shape index (κ1) is 14.0. The van der Waals surface area contributed by atoms with Crippen LogP contribution in [-0.4, -0.2) is 23.9 Å². The Balaban J connectivity index is 1.87. The second kappa shape index (κ2) is 6.13. The summed E-state index contributed by atoms with van der Waals surface area (Å²) in [5.41, 5.74) is 0.664. The zero-order valence-corrected chi connectivity index (χ0v) is 11.2. The molecule has 1 amide bonds. The van der Waals surface area contributed by atoms with E-state index in [-0.39, 0.29) is 5.91 Å². The minimum absolute atomic E-state index is 0.108. The minimum atomic E-state index is -0.850. The van der Waals surface area contributed by atoms with Gasteiger partial charge in [0.2, 0.25) is 5.91 Å². The van der Waals surface area contributed by atoms with E-state index in [1.165, 1.54) is 18.6 Å². The van der Waals surface area contributed by atoms with Crippen molar-refractivity contribution in [1.82, 2.24) is 4.90 Å². The quantitative estimate of drug-likeness (QED) is 0.823. The molecule has 4 heteroatoms. The van der Waals surface area contributed by atoms with Crippen LogP contribution in [0.5, 0.6) is 0 Å². The molecule has 0 spiro atoms. The summed E-state index contributed by atoms with van der Waals surface area (Å²) in [6, 6.07) is 3.81. The number of rotatable bonds is 3. The van der Waals surface area contributed by atoms with Gasteiger partial charge in [0.05, 0.1) is 0 Å². The Hall–Kier alpha value is -1.45. The van der Waals surface area contributed by atoms with Crippen molar-refractivity contribution in [2.45, 2.75) is 32.6 Å². The first-order valence-electron chi connectivity index (χ1n) is 6.78. The lowest BCUT2D eigenvalue weighted by atomic mass is 9.99. The van der Waals surface area contributed by atoms with E-state index < -0.39 is 11.6 Å². The van der Waals surface area contributed by atoms with Crippen LogP contribution in [0.25, 0.3) is 0 Å². The zero-order chi connectivity index (χ0) is 13.8. The smallest absolute Gasteiger partial charge is 0.222 e. The van der Waals surface area contributed by atoms with Crippen molar-refractivity contribution < 1.29 is 13.6 Å². The van der Waals surface area contributed by atoms with Crippen LogP contribution in [0.15, 0.2) is 18.2 Å². The van der Waals surface area contributed by atoms with Crippen molar-refractivity contribution in [2.75, 3.05) is 13.1 Å². The number of benzene rings is 1. The molecule has 0 saturated carbocycles. The van der Waals surface area contributed by atoms with E-state index in [1.54, 1.807) is 0 Å². The molecule has 1 unspecified atom stereocenters. The number of piperidine rings is 1. The van der Waals surface area contributed by atoms with E-state index >= 15 is 0 Å². The predicted octanol–water partition coefficient (Wildman–Crippen LogP) is 3.16. The Morgan fingerprint density at radius 3 is 2.84 bits per heavy atom. The molecule has 1 aromatic rings. The highest BCUT2D eigenvalue weighted by Gasteiger charge is 2.20. The fourth-order valence-corrected chi connectivity index (χ4v) is 2.52. The summed E-state index contributed by atoms with van der Waals surface area (Å²) in [6.07, 6.45) is 3.05. The number of nitrogens with zero attached hydrogens (tertiary/aromatic N) is 1. The normalized spacial score (nSPS) is 19.5. The highest BCUT2D eigenvalue weighted by molar-refractivity contribution is 5.76. The summed E-state index contributed by atoms with van der Waals surface area (Å²) in [7, 11) is 0. The molecule has 1 heterocycles. The number of hydrogen-bond donors (Lipinski definition) is 0. The van der Waals surface area contributed by atoms with Gasteiger partial charge in [0.1, 0.15) is 0 Å². The van der Waals surface area contributed by atoms with Crippen LogP contribution in [0.3, 0.4) is 0 Å². The molecule has 0 aromatic heterocycles. The monoisotopic (exact) mass is 267 g/mol. The van der Waals surface area contributed by atoms with Crippen molar-refractivity contribution in [1.29, 1.82) is 0 Å². The number of halogens is 2. The molecule has 0 aliphatic carbocycles. The molecule has 0 N–H and O–H groups in total. The van der Waals surface area contributed by atoms with Gasteiger partial charge in [-0.25, -0.2) is 8.78 Å². The van der Waals surface area contributed by atoms with Crippen LogP contribution in [0.4, 0.5) is 8.78 Å². The van der Waals surface area contributed by atoms with Crippen molar-refractivity contribution in [3.63, 3.8) is 0 Å². The first-order valence-corrected chi connectivity index (χ1v) is 6.78. The lowest BCUT2D eigenvalue weighted by molar-refractivity contribution is -0.132. The van der Waals surface area contributed by atoms with Gasteiger partial charge in [-0.2, -0.15) is 0 Å². The lowest BCUT2D eigenvalue weighted by Crippen LogP contribution is -2.39. The summed E-state index contributed by atoms with van der Waals surface area (Å²) in [5, 5.41) is 0. The molecule has 0 radical (unpaired) electrons. The molecular weight excluding hydrogens is 248 g/mol. The zero-order valence-electron chi connectivity index (χ0n) is 11.2. The maximum absolute atomic E-state index is 13.0. The van der Waals surface area contributed by atoms with Crippen LogP contribution >= 0.6 is 0 Å². The summed E-state index contributed by atoms with van der Waals surface area (Å²) in [6.45, 7) is 3.78. The van der Waals surface area contributed by atoms with Crippen molar-refractivity contribution in [3.8, 4) is 0 Å². The van der Waals surface area contributed by atoms with Crippen molar-refractivity contribution in [2.24, 2.45) is 5.92 Å². The summed E-state index contributed by atoms with van der Waals surface area (Å²) in [5.74, 6) is -1.03. The molecule has 2 nitrogen and oxygen atoms in total. The van der Waals surface area contributed by atoms with Gasteiger partial charge in [-0.1, -0.05) is 13.0 Å². The third kappa shape index (κ3) is 3.75. The van der Waals surface area contributed by atoms with Gasteiger partial charge >= 0.3 is 0 Å². The van der Waals surface area contributed by atoms with E-state index in [4.69, 9.17) is 0 Å². The summed E-state index contributed by atoms with van der Waals surface area (Å²) < 4.78 is 25.8. The molecule has 2 rings (SSSR count). The van der Waals surface area contributed by atoms with E-state index in [1.807, 2.05) is 4.90 Å². The number of likely N-dealkylation sites (tertiary alicyclic amines) is 1. The van der Waals surface area contributed by atoms with E-state index in [0.29, 0.717) is 24.3 Å². The van der Waals surface area contributed by atoms with Crippen LogP contribution in [-0.2, 0) is 11.2 Å². The maximum atomic E-state index is 13.0. The number of carbonyl (C=O) groups excluding carboxylic acids is 1. The topological polar surface area (TPSA) is 20.3 Å². The van der Waals surface area contributed by atoms with E-state index in [2.05, 4.69) is 6.92 Å². The number of carbonyl (C=O) groups is 1. The molecule has 0 bridgehead atoms. The molecule has 1 aromatic carbocycles. The second-order valence-corrected chi connectivity index (χ2v) is 5.34. The highest BCUT2D eigenvalue weighted by atomic mass is 19.2. The molecule has 1 saturated heterocycles. The third-order valence-corrected chi connectivity index (χ3v) is 3.62. The van der Waals surface area contributed by atoms with Gasteiger partial charge in [-0.3, -0.25) is 4.79 Å². The maximum Gasteiger partial charge on any atom is 0.222 e. The van der Waals surface area contributed by atoms with Gasteiger partial charge < -0.3 is 4.90 Å². The minimum Gasteiger partial charge on any atom is -0.342 e. The summed E-state index contributed by atoms with van der Waals surface area (Å²) in [4.78, 5) is 13.9. The Bertz CT molecular complexity index is 461. The van der Waals surface area contributed by atoms with Crippen LogP contribution in [0, 0.1) is 17.6 Å². The van der Waals surface area contributed by atoms with Gasteiger partial charge in [0.15, 0.2) is 11.6 Å². The van der Waals surface area contributed by atoms with Gasteiger partial charge in [0.25, 0.3) is 0 Å². The largest absolute Gasteiger partial charge is 0.342 e. The lowest BCUT2D eigenvalue weighted by Gasteiger charge is -2.31. The van der Waals surface area contributed by atoms with Crippen LogP contribution < -0.4 is 0 Å². The van der Waals surface area contributed by atoms with Crippen molar-refractivity contribution in [3.05, 3.63) is 35.4 Å². The summed E-state index contributed by atoms with van der Waals surface area (Å²) >= 11 is 0. The second-order valence-electron chi connectivity index (χ2n) is 5.34. The first-order chi connectivity index (χ1) is 9.06. The van der Waals surface area contributed by atoms with Gasteiger partial charge in [-0.15, -0.1) is 0 Å². The van der Waals surface area contributed by atoms with E-state index in [9.17, 15) is 13.6 Å². The van der Waals surface area contributed by atoms with Crippen LogP contribution in [0.1, 0.15) is 31.7 Å². The fourth-order valence-electron chi connectivity index (χ4n) is 2.52.